The van der Waals surface area contributed by atoms with E-state index >= 15 is 0 Å². The molecule has 2 aromatic carbocycles. The number of nitrogens with two attached hydrogens (primary N) is 1. The lowest BCUT2D eigenvalue weighted by Crippen LogP contribution is -2.28. The number of aliphatic hydroxyl groups is 1. The summed E-state index contributed by atoms with van der Waals surface area (Å²) in [6.45, 7) is 1.55. The van der Waals surface area contributed by atoms with Gasteiger partial charge in [0.15, 0.2) is 0 Å². The first kappa shape index (κ1) is 14.2. The highest BCUT2D eigenvalue weighted by Gasteiger charge is 2.25. The van der Waals surface area contributed by atoms with Crippen molar-refractivity contribution < 1.29 is 14.3 Å². The minimum absolute atomic E-state index is 0.136. The lowest BCUT2D eigenvalue weighted by atomic mass is 9.91. The average Bonchev–Trinajstić information content (AvgIpc) is 2.38. The maximum atomic E-state index is 12.9. The molecule has 0 aliphatic heterocycles. The van der Waals surface area contributed by atoms with Gasteiger partial charge in [0.1, 0.15) is 5.82 Å². The first-order valence-corrected chi connectivity index (χ1v) is 6.26. The van der Waals surface area contributed by atoms with Crippen LogP contribution in [0.4, 0.5) is 4.39 Å². The van der Waals surface area contributed by atoms with E-state index in [2.05, 4.69) is 0 Å². The van der Waals surface area contributed by atoms with Gasteiger partial charge < -0.3 is 10.8 Å². The largest absolute Gasteiger partial charge is 0.385 e. The van der Waals surface area contributed by atoms with Gasteiger partial charge in [-0.1, -0.05) is 36.4 Å². The van der Waals surface area contributed by atoms with E-state index in [4.69, 9.17) is 5.73 Å². The van der Waals surface area contributed by atoms with Crippen LogP contribution in [0.1, 0.15) is 18.9 Å². The Morgan fingerprint density at radius 1 is 1.10 bits per heavy atom. The molecule has 0 aromatic heterocycles. The van der Waals surface area contributed by atoms with Crippen LogP contribution in [-0.4, -0.2) is 11.0 Å². The Hall–Kier alpha value is -2.20. The Labute approximate surface area is 116 Å². The second-order valence-electron chi connectivity index (χ2n) is 5.00. The minimum Gasteiger partial charge on any atom is -0.385 e. The van der Waals surface area contributed by atoms with Crippen LogP contribution < -0.4 is 5.73 Å². The molecule has 0 spiro atoms. The third kappa shape index (κ3) is 3.22. The first-order chi connectivity index (χ1) is 9.38. The van der Waals surface area contributed by atoms with Crippen molar-refractivity contribution in [1.29, 1.82) is 0 Å². The molecule has 0 aliphatic rings. The monoisotopic (exact) mass is 273 g/mol. The summed E-state index contributed by atoms with van der Waals surface area (Å²) in [6, 6.07) is 13.3. The van der Waals surface area contributed by atoms with E-state index in [0.29, 0.717) is 5.56 Å². The summed E-state index contributed by atoms with van der Waals surface area (Å²) in [6.07, 6.45) is -0.136. The molecule has 0 aliphatic carbocycles. The van der Waals surface area contributed by atoms with Gasteiger partial charge in [-0.25, -0.2) is 4.39 Å². The second-order valence-corrected chi connectivity index (χ2v) is 5.00. The normalized spacial score (nSPS) is 13.8. The lowest BCUT2D eigenvalue weighted by molar-refractivity contribution is -0.122. The van der Waals surface area contributed by atoms with E-state index in [1.165, 1.54) is 12.1 Å². The molecular weight excluding hydrogens is 257 g/mol. The molecule has 1 atom stereocenters. The van der Waals surface area contributed by atoms with Crippen LogP contribution in [0.25, 0.3) is 11.1 Å². The molecule has 0 saturated carbocycles. The standard InChI is InChI=1S/C16H16FNO2/c1-16(20,10-15(18)19)13-6-2-11(3-7-13)12-4-8-14(17)9-5-12/h2-9,20H,10H2,1H3,(H2,18,19). The van der Waals surface area contributed by atoms with Crippen molar-refractivity contribution in [1.82, 2.24) is 0 Å². The summed E-state index contributed by atoms with van der Waals surface area (Å²) >= 11 is 0. The molecule has 1 unspecified atom stereocenters. The van der Waals surface area contributed by atoms with Gasteiger partial charge in [-0.15, -0.1) is 0 Å². The van der Waals surface area contributed by atoms with Gasteiger partial charge in [-0.3, -0.25) is 4.79 Å². The zero-order valence-electron chi connectivity index (χ0n) is 11.1. The van der Waals surface area contributed by atoms with E-state index in [1.807, 2.05) is 12.1 Å². The van der Waals surface area contributed by atoms with E-state index in [9.17, 15) is 14.3 Å². The van der Waals surface area contributed by atoms with Crippen molar-refractivity contribution in [3.8, 4) is 11.1 Å². The summed E-state index contributed by atoms with van der Waals surface area (Å²) in [7, 11) is 0. The number of carbonyl (C=O) groups excluding carboxylic acids is 1. The van der Waals surface area contributed by atoms with Crippen LogP contribution in [0.15, 0.2) is 48.5 Å². The predicted molar refractivity (Wildman–Crippen MR) is 75.2 cm³/mol. The number of rotatable bonds is 4. The van der Waals surface area contributed by atoms with Crippen molar-refractivity contribution in [2.24, 2.45) is 5.73 Å². The smallest absolute Gasteiger partial charge is 0.220 e. The predicted octanol–water partition coefficient (Wildman–Crippen LogP) is 2.58. The Morgan fingerprint density at radius 3 is 2.00 bits per heavy atom. The van der Waals surface area contributed by atoms with Crippen LogP contribution in [0.5, 0.6) is 0 Å². The number of carbonyl (C=O) groups is 1. The molecule has 0 heterocycles. The summed E-state index contributed by atoms with van der Waals surface area (Å²) in [5, 5.41) is 10.2. The summed E-state index contributed by atoms with van der Waals surface area (Å²) in [4.78, 5) is 10.9. The third-order valence-electron chi connectivity index (χ3n) is 3.20. The number of hydrogen-bond acceptors (Lipinski definition) is 2. The van der Waals surface area contributed by atoms with Gasteiger partial charge in [0.05, 0.1) is 12.0 Å². The molecule has 4 heteroatoms. The van der Waals surface area contributed by atoms with Crippen molar-refractivity contribution in [2.75, 3.05) is 0 Å². The molecule has 2 rings (SSSR count). The van der Waals surface area contributed by atoms with E-state index in [0.717, 1.165) is 11.1 Å². The highest BCUT2D eigenvalue weighted by molar-refractivity contribution is 5.75. The molecule has 104 valence electrons. The Balaban J connectivity index is 2.26. The first-order valence-electron chi connectivity index (χ1n) is 6.26. The maximum Gasteiger partial charge on any atom is 0.220 e. The second kappa shape index (κ2) is 5.43. The summed E-state index contributed by atoms with van der Waals surface area (Å²) < 4.78 is 12.9. The van der Waals surface area contributed by atoms with Crippen molar-refractivity contribution in [2.45, 2.75) is 18.9 Å². The van der Waals surface area contributed by atoms with Gasteiger partial charge in [-0.05, 0) is 35.7 Å². The van der Waals surface area contributed by atoms with E-state index < -0.39 is 11.5 Å². The molecule has 0 saturated heterocycles. The van der Waals surface area contributed by atoms with Crippen molar-refractivity contribution >= 4 is 5.91 Å². The van der Waals surface area contributed by atoms with Gasteiger partial charge >= 0.3 is 0 Å². The van der Waals surface area contributed by atoms with Crippen molar-refractivity contribution in [3.63, 3.8) is 0 Å². The zero-order valence-corrected chi connectivity index (χ0v) is 11.1. The molecule has 0 bridgehead atoms. The number of hydrogen-bond donors (Lipinski definition) is 2. The summed E-state index contributed by atoms with van der Waals surface area (Å²) in [5.74, 6) is -0.840. The number of amides is 1. The molecule has 0 fully saturated rings. The van der Waals surface area contributed by atoms with Gasteiger partial charge in [-0.2, -0.15) is 0 Å². The third-order valence-corrected chi connectivity index (χ3v) is 3.20. The fourth-order valence-electron chi connectivity index (χ4n) is 2.11. The van der Waals surface area contributed by atoms with Crippen LogP contribution in [0, 0.1) is 5.82 Å². The highest BCUT2D eigenvalue weighted by atomic mass is 19.1. The van der Waals surface area contributed by atoms with Gasteiger partial charge in [0.25, 0.3) is 0 Å². The summed E-state index contributed by atoms with van der Waals surface area (Å²) in [5.41, 5.74) is 6.23. The molecule has 1 amide bonds. The Morgan fingerprint density at radius 2 is 1.55 bits per heavy atom. The fourth-order valence-corrected chi connectivity index (χ4v) is 2.11. The maximum absolute atomic E-state index is 12.9. The van der Waals surface area contributed by atoms with Crippen LogP contribution >= 0.6 is 0 Å². The van der Waals surface area contributed by atoms with Crippen LogP contribution in [0.3, 0.4) is 0 Å². The van der Waals surface area contributed by atoms with Crippen LogP contribution in [0.2, 0.25) is 0 Å². The Kier molecular flexibility index (Phi) is 3.86. The number of benzene rings is 2. The molecule has 0 radical (unpaired) electrons. The highest BCUT2D eigenvalue weighted by Crippen LogP contribution is 2.27. The van der Waals surface area contributed by atoms with Gasteiger partial charge in [0.2, 0.25) is 5.91 Å². The average molecular weight is 273 g/mol. The fraction of sp³-hybridized carbons (Fsp3) is 0.188. The number of primary amides is 1. The van der Waals surface area contributed by atoms with Gasteiger partial charge in [0, 0.05) is 0 Å². The molecule has 20 heavy (non-hydrogen) atoms. The lowest BCUT2D eigenvalue weighted by Gasteiger charge is -2.22. The minimum atomic E-state index is -1.28. The molecular formula is C16H16FNO2. The SMILES string of the molecule is CC(O)(CC(N)=O)c1ccc(-c2ccc(F)cc2)cc1. The quantitative estimate of drug-likeness (QED) is 0.899. The molecule has 3 nitrogen and oxygen atoms in total. The zero-order chi connectivity index (χ0) is 14.8. The van der Waals surface area contributed by atoms with Crippen molar-refractivity contribution in [3.05, 3.63) is 59.9 Å². The van der Waals surface area contributed by atoms with Crippen LogP contribution in [-0.2, 0) is 10.4 Å². The van der Waals surface area contributed by atoms with E-state index in [1.54, 1.807) is 31.2 Å². The number of halogens is 1. The topological polar surface area (TPSA) is 63.3 Å². The molecule has 2 aromatic rings. The molecule has 3 N–H and O–H groups in total. The van der Waals surface area contributed by atoms with E-state index in [-0.39, 0.29) is 12.2 Å². The Bertz CT molecular complexity index is 603.